The highest BCUT2D eigenvalue weighted by molar-refractivity contribution is 5.77. The molecule has 0 atom stereocenters. The summed E-state index contributed by atoms with van der Waals surface area (Å²) in [7, 11) is 0. The number of nitrogens with one attached hydrogen (secondary N) is 2. The Morgan fingerprint density at radius 2 is 1.09 bits per heavy atom. The molecule has 130 valence electrons. The van der Waals surface area contributed by atoms with Crippen LogP contribution in [0.4, 0.5) is 0 Å². The van der Waals surface area contributed by atoms with Gasteiger partial charge >= 0.3 is 11.9 Å². The normalized spacial score (nSPS) is 12.4. The molecule has 4 N–H and O–H groups in total. The lowest BCUT2D eigenvalue weighted by Gasteiger charge is -2.21. The number of carboxylic acid groups (broad SMARTS) is 2. The Hall–Kier alpha value is -1.22. The van der Waals surface area contributed by atoms with Crippen LogP contribution in [0.2, 0.25) is 0 Å². The molecule has 0 aliphatic carbocycles. The van der Waals surface area contributed by atoms with Crippen LogP contribution < -0.4 is 10.6 Å². The van der Waals surface area contributed by atoms with Crippen molar-refractivity contribution in [3.05, 3.63) is 0 Å². The number of hydrogen-bond acceptors (Lipinski definition) is 6. The Balaban J connectivity index is 3.45. The van der Waals surface area contributed by atoms with E-state index in [1.54, 1.807) is 27.7 Å². The maximum Gasteiger partial charge on any atom is 0.323 e. The fourth-order valence-electron chi connectivity index (χ4n) is 1.34. The fraction of sp³-hybridized carbons (Fsp3) is 0.857. The van der Waals surface area contributed by atoms with E-state index in [1.807, 2.05) is 0 Å². The second-order valence-corrected chi connectivity index (χ2v) is 5.94. The highest BCUT2D eigenvalue weighted by Gasteiger charge is 2.26. The van der Waals surface area contributed by atoms with Crippen molar-refractivity contribution in [2.45, 2.75) is 38.8 Å². The lowest BCUT2D eigenvalue weighted by Crippen LogP contribution is -2.48. The molecule has 0 bridgehead atoms. The topological polar surface area (TPSA) is 117 Å². The van der Waals surface area contributed by atoms with Gasteiger partial charge in [-0.25, -0.2) is 0 Å². The summed E-state index contributed by atoms with van der Waals surface area (Å²) in [6.45, 7) is 8.81. The second kappa shape index (κ2) is 9.73. The first-order chi connectivity index (χ1) is 10.1. The van der Waals surface area contributed by atoms with Crippen molar-refractivity contribution in [1.29, 1.82) is 0 Å². The molecule has 0 heterocycles. The van der Waals surface area contributed by atoms with E-state index in [-0.39, 0.29) is 0 Å². The standard InChI is InChI=1S/C14H28N2O6/c1-13(2,11(17)18)15-5-7-21-9-10-22-8-6-16-14(3,4)12(19)20/h15-16H,5-10H2,1-4H3,(H,17,18)(H,19,20). The van der Waals surface area contributed by atoms with Crippen molar-refractivity contribution in [3.63, 3.8) is 0 Å². The van der Waals surface area contributed by atoms with Crippen LogP contribution in [-0.2, 0) is 19.1 Å². The Bertz CT molecular complexity index is 323. The fourth-order valence-corrected chi connectivity index (χ4v) is 1.34. The third-order valence-corrected chi connectivity index (χ3v) is 3.07. The van der Waals surface area contributed by atoms with E-state index in [4.69, 9.17) is 19.7 Å². The van der Waals surface area contributed by atoms with Crippen LogP contribution in [0, 0.1) is 0 Å². The molecule has 0 rings (SSSR count). The minimum Gasteiger partial charge on any atom is -0.480 e. The molecule has 0 aromatic rings. The molecular formula is C14H28N2O6. The molecular weight excluding hydrogens is 292 g/mol. The average Bonchev–Trinajstić information content (AvgIpc) is 2.40. The van der Waals surface area contributed by atoms with Gasteiger partial charge in [0.05, 0.1) is 26.4 Å². The van der Waals surface area contributed by atoms with Gasteiger partial charge < -0.3 is 30.3 Å². The molecule has 0 aliphatic rings. The molecule has 22 heavy (non-hydrogen) atoms. The lowest BCUT2D eigenvalue weighted by atomic mass is 10.1. The first-order valence-corrected chi connectivity index (χ1v) is 7.22. The van der Waals surface area contributed by atoms with E-state index in [0.717, 1.165) is 0 Å². The van der Waals surface area contributed by atoms with Gasteiger partial charge in [-0.1, -0.05) is 0 Å². The van der Waals surface area contributed by atoms with Crippen LogP contribution >= 0.6 is 0 Å². The average molecular weight is 320 g/mol. The van der Waals surface area contributed by atoms with Crippen molar-refractivity contribution in [1.82, 2.24) is 10.6 Å². The maximum absolute atomic E-state index is 10.8. The summed E-state index contributed by atoms with van der Waals surface area (Å²) in [5, 5.41) is 23.5. The van der Waals surface area contributed by atoms with E-state index < -0.39 is 23.0 Å². The third kappa shape index (κ3) is 8.93. The summed E-state index contributed by atoms with van der Waals surface area (Å²) in [5.41, 5.74) is -1.94. The zero-order valence-corrected chi connectivity index (χ0v) is 13.8. The molecule has 0 radical (unpaired) electrons. The summed E-state index contributed by atoms with van der Waals surface area (Å²) in [5.74, 6) is -1.82. The molecule has 0 aromatic heterocycles. The molecule has 0 aromatic carbocycles. The van der Waals surface area contributed by atoms with Crippen molar-refractivity contribution in [2.75, 3.05) is 39.5 Å². The number of rotatable bonds is 13. The molecule has 8 nitrogen and oxygen atoms in total. The summed E-state index contributed by atoms with van der Waals surface area (Å²) in [6.07, 6.45) is 0. The molecule has 0 aliphatic heterocycles. The second-order valence-electron chi connectivity index (χ2n) is 5.94. The van der Waals surface area contributed by atoms with Crippen LogP contribution in [0.1, 0.15) is 27.7 Å². The van der Waals surface area contributed by atoms with Gasteiger partial charge in [0, 0.05) is 13.1 Å². The van der Waals surface area contributed by atoms with Gasteiger partial charge in [0.25, 0.3) is 0 Å². The number of ether oxygens (including phenoxy) is 2. The summed E-state index contributed by atoms with van der Waals surface area (Å²) in [4.78, 5) is 21.7. The van der Waals surface area contributed by atoms with Crippen molar-refractivity contribution in [2.24, 2.45) is 0 Å². The molecule has 0 spiro atoms. The first-order valence-electron chi connectivity index (χ1n) is 7.22. The quantitative estimate of drug-likeness (QED) is 0.348. The number of carbonyl (C=O) groups is 2. The van der Waals surface area contributed by atoms with Crippen molar-refractivity contribution < 1.29 is 29.3 Å². The van der Waals surface area contributed by atoms with Gasteiger partial charge in [-0.2, -0.15) is 0 Å². The van der Waals surface area contributed by atoms with Gasteiger partial charge in [-0.3, -0.25) is 9.59 Å². The predicted molar refractivity (Wildman–Crippen MR) is 81.1 cm³/mol. The summed E-state index contributed by atoms with van der Waals surface area (Å²) in [6, 6.07) is 0. The Labute approximate surface area is 131 Å². The highest BCUT2D eigenvalue weighted by Crippen LogP contribution is 2.01. The zero-order valence-electron chi connectivity index (χ0n) is 13.8. The van der Waals surface area contributed by atoms with Gasteiger partial charge in [-0.05, 0) is 27.7 Å². The van der Waals surface area contributed by atoms with Crippen LogP contribution in [0.3, 0.4) is 0 Å². The number of aliphatic carboxylic acids is 2. The van der Waals surface area contributed by atoms with E-state index in [1.165, 1.54) is 0 Å². The summed E-state index contributed by atoms with van der Waals surface area (Å²) < 4.78 is 10.6. The molecule has 8 heteroatoms. The minimum atomic E-state index is -0.970. The minimum absolute atomic E-state index is 0.393. The van der Waals surface area contributed by atoms with E-state index in [0.29, 0.717) is 39.5 Å². The lowest BCUT2D eigenvalue weighted by molar-refractivity contribution is -0.144. The molecule has 0 fully saturated rings. The van der Waals surface area contributed by atoms with Crippen LogP contribution in [0.15, 0.2) is 0 Å². The van der Waals surface area contributed by atoms with Crippen molar-refractivity contribution >= 4 is 11.9 Å². The molecule has 0 saturated heterocycles. The van der Waals surface area contributed by atoms with Crippen LogP contribution in [0.25, 0.3) is 0 Å². The van der Waals surface area contributed by atoms with E-state index in [2.05, 4.69) is 10.6 Å². The monoisotopic (exact) mass is 320 g/mol. The number of hydrogen-bond donors (Lipinski definition) is 4. The molecule has 0 unspecified atom stereocenters. The smallest absolute Gasteiger partial charge is 0.323 e. The van der Waals surface area contributed by atoms with Gasteiger partial charge in [0.15, 0.2) is 0 Å². The molecule has 0 amide bonds. The predicted octanol–water partition coefficient (Wildman–Crippen LogP) is -0.0748. The van der Waals surface area contributed by atoms with Crippen molar-refractivity contribution in [3.8, 4) is 0 Å². The number of carboxylic acids is 2. The molecule has 0 saturated carbocycles. The third-order valence-electron chi connectivity index (χ3n) is 3.07. The maximum atomic E-state index is 10.8. The van der Waals surface area contributed by atoms with Gasteiger partial charge in [-0.15, -0.1) is 0 Å². The van der Waals surface area contributed by atoms with Crippen LogP contribution in [0.5, 0.6) is 0 Å². The van der Waals surface area contributed by atoms with Gasteiger partial charge in [0.1, 0.15) is 11.1 Å². The SMILES string of the molecule is CC(C)(NCCOCCOCCNC(C)(C)C(=O)O)C(=O)O. The van der Waals surface area contributed by atoms with E-state index >= 15 is 0 Å². The van der Waals surface area contributed by atoms with E-state index in [9.17, 15) is 9.59 Å². The Morgan fingerprint density at radius 3 is 1.36 bits per heavy atom. The Morgan fingerprint density at radius 1 is 0.773 bits per heavy atom. The largest absolute Gasteiger partial charge is 0.480 e. The summed E-state index contributed by atoms with van der Waals surface area (Å²) >= 11 is 0. The van der Waals surface area contributed by atoms with Gasteiger partial charge in [0.2, 0.25) is 0 Å². The Kier molecular flexibility index (Phi) is 9.19. The first kappa shape index (κ1) is 20.8. The van der Waals surface area contributed by atoms with Crippen LogP contribution in [-0.4, -0.2) is 72.7 Å². The zero-order chi connectivity index (χ0) is 17.2. The highest BCUT2D eigenvalue weighted by atomic mass is 16.5.